The van der Waals surface area contributed by atoms with Crippen molar-refractivity contribution >= 4 is 11.8 Å². The molecule has 0 radical (unpaired) electrons. The van der Waals surface area contributed by atoms with E-state index in [1.807, 2.05) is 0 Å². The summed E-state index contributed by atoms with van der Waals surface area (Å²) in [4.78, 5) is 24.6. The van der Waals surface area contributed by atoms with E-state index in [0.717, 1.165) is 4.90 Å². The molecular formula is C11H10N2O2. The molecule has 0 aromatic heterocycles. The monoisotopic (exact) mass is 202 g/mol. The predicted molar refractivity (Wildman–Crippen MR) is 55.1 cm³/mol. The van der Waals surface area contributed by atoms with Crippen molar-refractivity contribution in [1.82, 2.24) is 4.90 Å². The molecule has 0 bridgehead atoms. The molecule has 0 saturated heterocycles. The Hall–Kier alpha value is -1.94. The van der Waals surface area contributed by atoms with Gasteiger partial charge < -0.3 is 5.73 Å². The Kier molecular flexibility index (Phi) is 2.13. The number of amides is 2. The number of nitrogens with two attached hydrogens (primary N) is 1. The van der Waals surface area contributed by atoms with Gasteiger partial charge in [0, 0.05) is 0 Å². The molecule has 2 rings (SSSR count). The molecule has 4 nitrogen and oxygen atoms in total. The molecule has 4 heteroatoms. The van der Waals surface area contributed by atoms with Gasteiger partial charge in [-0.05, 0) is 12.1 Å². The quantitative estimate of drug-likeness (QED) is 0.568. The zero-order chi connectivity index (χ0) is 11.0. The normalized spacial score (nSPS) is 16.5. The van der Waals surface area contributed by atoms with Gasteiger partial charge in [-0.15, -0.1) is 0 Å². The number of carbonyl (C=O) groups is 2. The summed E-state index contributed by atoms with van der Waals surface area (Å²) in [6, 6.07) is 6.66. The fraction of sp³-hybridized carbons (Fsp3) is 0.0909. The first-order valence-electron chi connectivity index (χ1n) is 4.52. The number of hydrogen-bond donors (Lipinski definition) is 1. The zero-order valence-corrected chi connectivity index (χ0v) is 8.01. The Labute approximate surface area is 87.0 Å². The lowest BCUT2D eigenvalue weighted by Gasteiger charge is -2.18. The first kappa shape index (κ1) is 9.61. The highest BCUT2D eigenvalue weighted by Crippen LogP contribution is 2.23. The van der Waals surface area contributed by atoms with E-state index in [1.54, 1.807) is 24.3 Å². The second-order valence-corrected chi connectivity index (χ2v) is 3.25. The average molecular weight is 202 g/mol. The largest absolute Gasteiger partial charge is 0.307 e. The third kappa shape index (κ3) is 1.27. The van der Waals surface area contributed by atoms with Gasteiger partial charge in [-0.1, -0.05) is 24.8 Å². The Balaban J connectivity index is 2.50. The molecule has 15 heavy (non-hydrogen) atoms. The number of imide groups is 1. The topological polar surface area (TPSA) is 63.4 Å². The second kappa shape index (κ2) is 3.33. The van der Waals surface area contributed by atoms with E-state index in [2.05, 4.69) is 6.58 Å². The summed E-state index contributed by atoms with van der Waals surface area (Å²) in [5, 5.41) is 0. The van der Waals surface area contributed by atoms with Crippen molar-refractivity contribution in [3.8, 4) is 0 Å². The summed E-state index contributed by atoms with van der Waals surface area (Å²) in [7, 11) is 0. The Bertz CT molecular complexity index is 419. The van der Waals surface area contributed by atoms with Crippen molar-refractivity contribution in [2.24, 2.45) is 5.73 Å². The van der Waals surface area contributed by atoms with Crippen LogP contribution in [-0.2, 0) is 0 Å². The standard InChI is InChI=1S/C11H10N2O2/c1-2-9(12)13-10(14)7-5-3-4-6-8(7)11(13)15/h2-6,9H,1,12H2. The maximum Gasteiger partial charge on any atom is 0.263 e. The zero-order valence-electron chi connectivity index (χ0n) is 8.01. The molecule has 76 valence electrons. The Morgan fingerprint density at radius 1 is 1.20 bits per heavy atom. The lowest BCUT2D eigenvalue weighted by molar-refractivity contribution is 0.0619. The first-order valence-corrected chi connectivity index (χ1v) is 4.52. The van der Waals surface area contributed by atoms with Gasteiger partial charge in [-0.3, -0.25) is 14.5 Å². The number of hydrogen-bond acceptors (Lipinski definition) is 3. The van der Waals surface area contributed by atoms with E-state index in [0.29, 0.717) is 11.1 Å². The number of benzene rings is 1. The second-order valence-electron chi connectivity index (χ2n) is 3.25. The van der Waals surface area contributed by atoms with Crippen LogP contribution in [0.1, 0.15) is 20.7 Å². The van der Waals surface area contributed by atoms with Gasteiger partial charge in [-0.2, -0.15) is 0 Å². The molecule has 1 aromatic rings. The van der Waals surface area contributed by atoms with Gasteiger partial charge in [0.1, 0.15) is 6.17 Å². The van der Waals surface area contributed by atoms with Crippen LogP contribution in [0.4, 0.5) is 0 Å². The summed E-state index contributed by atoms with van der Waals surface area (Å²) < 4.78 is 0. The maximum absolute atomic E-state index is 11.8. The van der Waals surface area contributed by atoms with Crippen molar-refractivity contribution < 1.29 is 9.59 Å². The number of nitrogens with zero attached hydrogens (tertiary/aromatic N) is 1. The van der Waals surface area contributed by atoms with Crippen LogP contribution in [0.5, 0.6) is 0 Å². The smallest absolute Gasteiger partial charge is 0.263 e. The molecule has 1 aliphatic rings. The number of fused-ring (bicyclic) bond motifs is 1. The highest BCUT2D eigenvalue weighted by molar-refractivity contribution is 6.21. The first-order chi connectivity index (χ1) is 7.16. The van der Waals surface area contributed by atoms with Crippen molar-refractivity contribution in [2.75, 3.05) is 0 Å². The highest BCUT2D eigenvalue weighted by atomic mass is 16.2. The minimum absolute atomic E-state index is 0.358. The van der Waals surface area contributed by atoms with Gasteiger partial charge in [0.25, 0.3) is 11.8 Å². The Morgan fingerprint density at radius 2 is 1.67 bits per heavy atom. The van der Waals surface area contributed by atoms with Gasteiger partial charge >= 0.3 is 0 Å². The predicted octanol–water partition coefficient (Wildman–Crippen LogP) is 0.753. The van der Waals surface area contributed by atoms with E-state index < -0.39 is 6.17 Å². The van der Waals surface area contributed by atoms with Gasteiger partial charge in [0.15, 0.2) is 0 Å². The fourth-order valence-corrected chi connectivity index (χ4v) is 1.58. The number of rotatable bonds is 2. The maximum atomic E-state index is 11.8. The lowest BCUT2D eigenvalue weighted by atomic mass is 10.1. The van der Waals surface area contributed by atoms with E-state index in [4.69, 9.17) is 5.73 Å². The van der Waals surface area contributed by atoms with E-state index in [9.17, 15) is 9.59 Å². The van der Waals surface area contributed by atoms with E-state index >= 15 is 0 Å². The lowest BCUT2D eigenvalue weighted by Crippen LogP contribution is -2.44. The summed E-state index contributed by atoms with van der Waals surface area (Å²) in [5.74, 6) is -0.717. The third-order valence-electron chi connectivity index (χ3n) is 2.37. The molecule has 2 amide bonds. The van der Waals surface area contributed by atoms with Crippen LogP contribution in [0.25, 0.3) is 0 Å². The summed E-state index contributed by atoms with van der Waals surface area (Å²) in [6.45, 7) is 3.47. The van der Waals surface area contributed by atoms with Crippen LogP contribution < -0.4 is 5.73 Å². The molecule has 1 unspecified atom stereocenters. The van der Waals surface area contributed by atoms with Crippen LogP contribution in [0.2, 0.25) is 0 Å². The fourth-order valence-electron chi connectivity index (χ4n) is 1.58. The summed E-state index contributed by atoms with van der Waals surface area (Å²) in [6.07, 6.45) is 0.596. The van der Waals surface area contributed by atoms with Crippen LogP contribution >= 0.6 is 0 Å². The molecular weight excluding hydrogens is 192 g/mol. The van der Waals surface area contributed by atoms with Crippen LogP contribution in [0.15, 0.2) is 36.9 Å². The van der Waals surface area contributed by atoms with Gasteiger partial charge in [-0.25, -0.2) is 0 Å². The van der Waals surface area contributed by atoms with Crippen molar-refractivity contribution in [1.29, 1.82) is 0 Å². The van der Waals surface area contributed by atoms with Crippen molar-refractivity contribution in [2.45, 2.75) is 6.17 Å². The molecule has 2 N–H and O–H groups in total. The van der Waals surface area contributed by atoms with Crippen LogP contribution in [-0.4, -0.2) is 22.9 Å². The molecule has 0 spiro atoms. The number of carbonyl (C=O) groups excluding carboxylic acids is 2. The van der Waals surface area contributed by atoms with E-state index in [1.165, 1.54) is 6.08 Å². The molecule has 1 heterocycles. The summed E-state index contributed by atoms with van der Waals surface area (Å²) >= 11 is 0. The molecule has 0 saturated carbocycles. The van der Waals surface area contributed by atoms with E-state index in [-0.39, 0.29) is 11.8 Å². The molecule has 1 aliphatic heterocycles. The minimum Gasteiger partial charge on any atom is -0.307 e. The van der Waals surface area contributed by atoms with Crippen LogP contribution in [0, 0.1) is 0 Å². The third-order valence-corrected chi connectivity index (χ3v) is 2.37. The van der Waals surface area contributed by atoms with Gasteiger partial charge in [0.2, 0.25) is 0 Å². The SMILES string of the molecule is C=CC(N)N1C(=O)c2ccccc2C1=O. The van der Waals surface area contributed by atoms with Crippen LogP contribution in [0.3, 0.4) is 0 Å². The van der Waals surface area contributed by atoms with Crippen molar-refractivity contribution in [3.05, 3.63) is 48.0 Å². The molecule has 1 aromatic carbocycles. The molecule has 0 fully saturated rings. The Morgan fingerprint density at radius 3 is 2.07 bits per heavy atom. The molecule has 0 aliphatic carbocycles. The average Bonchev–Trinajstić information content (AvgIpc) is 2.52. The van der Waals surface area contributed by atoms with Crippen molar-refractivity contribution in [3.63, 3.8) is 0 Å². The van der Waals surface area contributed by atoms with Gasteiger partial charge in [0.05, 0.1) is 11.1 Å². The molecule has 1 atom stereocenters. The summed E-state index contributed by atoms with van der Waals surface area (Å²) in [5.41, 5.74) is 6.41. The minimum atomic E-state index is -0.766. The highest BCUT2D eigenvalue weighted by Gasteiger charge is 2.37.